The highest BCUT2D eigenvalue weighted by molar-refractivity contribution is 5.40. The molecular formula is C13H21N7O. The summed E-state index contributed by atoms with van der Waals surface area (Å²) in [6, 6.07) is 0.171. The summed E-state index contributed by atoms with van der Waals surface area (Å²) in [5.41, 5.74) is 0. The Kier molecular flexibility index (Phi) is 5.04. The maximum Gasteiger partial charge on any atom is 0.241 e. The normalized spacial score (nSPS) is 10.9. The van der Waals surface area contributed by atoms with E-state index in [0.29, 0.717) is 30.9 Å². The molecule has 0 saturated carbocycles. The Morgan fingerprint density at radius 3 is 2.71 bits per heavy atom. The molecule has 8 heteroatoms. The average Bonchev–Trinajstić information content (AvgIpc) is 2.98. The molecule has 8 nitrogen and oxygen atoms in total. The molecule has 2 N–H and O–H groups in total. The first-order valence-corrected chi connectivity index (χ1v) is 7.01. The minimum Gasteiger partial charge on any atom is -0.395 e. The fourth-order valence-electron chi connectivity index (χ4n) is 1.91. The summed E-state index contributed by atoms with van der Waals surface area (Å²) < 4.78 is 1.73. The molecule has 0 atom stereocenters. The van der Waals surface area contributed by atoms with Crippen LogP contribution in [0.4, 0.5) is 11.9 Å². The minimum absolute atomic E-state index is 0.0425. The molecule has 0 aliphatic heterocycles. The van der Waals surface area contributed by atoms with Crippen molar-refractivity contribution in [1.82, 2.24) is 24.5 Å². The van der Waals surface area contributed by atoms with Crippen molar-refractivity contribution < 1.29 is 5.11 Å². The average molecular weight is 291 g/mol. The van der Waals surface area contributed by atoms with E-state index in [-0.39, 0.29) is 12.6 Å². The molecule has 0 saturated heterocycles. The fraction of sp³-hybridized carbons (Fsp3) is 0.538. The van der Waals surface area contributed by atoms with Crippen molar-refractivity contribution in [3.05, 3.63) is 18.7 Å². The molecule has 0 unspecified atom stereocenters. The first kappa shape index (κ1) is 15.2. The second kappa shape index (κ2) is 6.98. The summed E-state index contributed by atoms with van der Waals surface area (Å²) in [5.74, 6) is 1.54. The number of rotatable bonds is 7. The molecule has 0 radical (unpaired) electrons. The maximum atomic E-state index is 9.23. The smallest absolute Gasteiger partial charge is 0.241 e. The highest BCUT2D eigenvalue weighted by Gasteiger charge is 2.16. The Bertz CT molecular complexity index is 556. The Morgan fingerprint density at radius 1 is 1.33 bits per heavy atom. The van der Waals surface area contributed by atoms with E-state index in [2.05, 4.69) is 25.3 Å². The van der Waals surface area contributed by atoms with Crippen molar-refractivity contribution in [3.63, 3.8) is 0 Å². The van der Waals surface area contributed by atoms with Gasteiger partial charge in [-0.3, -0.25) is 4.57 Å². The first-order chi connectivity index (χ1) is 10.2. The molecule has 0 fully saturated rings. The number of nitrogens with one attached hydrogen (secondary N) is 1. The van der Waals surface area contributed by atoms with Gasteiger partial charge in [-0.2, -0.15) is 15.0 Å². The molecule has 0 spiro atoms. The van der Waals surface area contributed by atoms with Gasteiger partial charge < -0.3 is 15.3 Å². The van der Waals surface area contributed by atoms with Gasteiger partial charge in [0.25, 0.3) is 0 Å². The second-order valence-electron chi connectivity index (χ2n) is 4.77. The van der Waals surface area contributed by atoms with Crippen LogP contribution in [0.15, 0.2) is 18.7 Å². The monoisotopic (exact) mass is 291 g/mol. The highest BCUT2D eigenvalue weighted by atomic mass is 16.3. The zero-order valence-corrected chi connectivity index (χ0v) is 12.6. The SMILES string of the molecule is CCNc1nc(N(CCO)C(C)C)nc(-n2ccnc2)n1. The van der Waals surface area contributed by atoms with Gasteiger partial charge in [-0.1, -0.05) is 0 Å². The largest absolute Gasteiger partial charge is 0.395 e. The van der Waals surface area contributed by atoms with Gasteiger partial charge in [0, 0.05) is 31.5 Å². The second-order valence-corrected chi connectivity index (χ2v) is 4.77. The Labute approximate surface area is 123 Å². The lowest BCUT2D eigenvalue weighted by Gasteiger charge is -2.26. The zero-order chi connectivity index (χ0) is 15.2. The maximum absolute atomic E-state index is 9.23. The number of hydrogen-bond donors (Lipinski definition) is 2. The number of aliphatic hydroxyl groups excluding tert-OH is 1. The third kappa shape index (κ3) is 3.66. The van der Waals surface area contributed by atoms with Crippen molar-refractivity contribution >= 4 is 11.9 Å². The molecule has 0 aliphatic rings. The standard InChI is InChI=1S/C13H21N7O/c1-4-15-11-16-12(19-6-5-14-9-19)18-13(17-11)20(7-8-21)10(2)3/h5-6,9-10,21H,4,7-8H2,1-3H3,(H,15,16,17,18). The molecule has 0 aromatic carbocycles. The number of aromatic nitrogens is 5. The van der Waals surface area contributed by atoms with Crippen molar-refractivity contribution in [3.8, 4) is 5.95 Å². The topological polar surface area (TPSA) is 92.0 Å². The Hall–Kier alpha value is -2.22. The first-order valence-electron chi connectivity index (χ1n) is 7.01. The lowest BCUT2D eigenvalue weighted by molar-refractivity contribution is 0.298. The van der Waals surface area contributed by atoms with Gasteiger partial charge in [-0.15, -0.1) is 0 Å². The van der Waals surface area contributed by atoms with Gasteiger partial charge in [0.1, 0.15) is 6.33 Å². The number of hydrogen-bond acceptors (Lipinski definition) is 7. The summed E-state index contributed by atoms with van der Waals surface area (Å²) in [7, 11) is 0. The van der Waals surface area contributed by atoms with Gasteiger partial charge >= 0.3 is 0 Å². The fourth-order valence-corrected chi connectivity index (χ4v) is 1.91. The van der Waals surface area contributed by atoms with Gasteiger partial charge in [0.15, 0.2) is 0 Å². The molecule has 2 heterocycles. The van der Waals surface area contributed by atoms with E-state index in [1.54, 1.807) is 23.3 Å². The van der Waals surface area contributed by atoms with Crippen LogP contribution in [-0.2, 0) is 0 Å². The Morgan fingerprint density at radius 2 is 2.14 bits per heavy atom. The minimum atomic E-state index is 0.0425. The molecule has 0 aliphatic carbocycles. The number of aliphatic hydroxyl groups is 1. The van der Waals surface area contributed by atoms with Crippen LogP contribution in [0.2, 0.25) is 0 Å². The predicted octanol–water partition coefficient (Wildman–Crippen LogP) is 0.696. The molecule has 0 bridgehead atoms. The van der Waals surface area contributed by atoms with E-state index >= 15 is 0 Å². The summed E-state index contributed by atoms with van der Waals surface area (Å²) in [6.45, 7) is 7.27. The van der Waals surface area contributed by atoms with E-state index < -0.39 is 0 Å². The van der Waals surface area contributed by atoms with Crippen LogP contribution in [0.25, 0.3) is 5.95 Å². The van der Waals surface area contributed by atoms with Gasteiger partial charge in [0.05, 0.1) is 6.61 Å². The van der Waals surface area contributed by atoms with Gasteiger partial charge in [0.2, 0.25) is 17.8 Å². The third-order valence-electron chi connectivity index (χ3n) is 2.90. The van der Waals surface area contributed by atoms with Crippen LogP contribution >= 0.6 is 0 Å². The van der Waals surface area contributed by atoms with E-state index in [0.717, 1.165) is 0 Å². The van der Waals surface area contributed by atoms with Crippen LogP contribution in [0.1, 0.15) is 20.8 Å². The number of nitrogens with zero attached hydrogens (tertiary/aromatic N) is 6. The summed E-state index contributed by atoms with van der Waals surface area (Å²) in [6.07, 6.45) is 5.09. The van der Waals surface area contributed by atoms with E-state index in [1.807, 2.05) is 25.7 Å². The van der Waals surface area contributed by atoms with E-state index in [1.165, 1.54) is 0 Å². The molecule has 2 aromatic rings. The molecule has 2 aromatic heterocycles. The summed E-state index contributed by atoms with van der Waals surface area (Å²) >= 11 is 0. The van der Waals surface area contributed by atoms with E-state index in [9.17, 15) is 5.11 Å². The third-order valence-corrected chi connectivity index (χ3v) is 2.90. The van der Waals surface area contributed by atoms with Crippen molar-refractivity contribution in [1.29, 1.82) is 0 Å². The number of anilines is 2. The Balaban J connectivity index is 2.44. The van der Waals surface area contributed by atoms with Crippen LogP contribution in [-0.4, -0.2) is 55.3 Å². The number of imidazole rings is 1. The van der Waals surface area contributed by atoms with Crippen molar-refractivity contribution in [2.45, 2.75) is 26.8 Å². The summed E-state index contributed by atoms with van der Waals surface area (Å²) in [4.78, 5) is 19.2. The predicted molar refractivity (Wildman–Crippen MR) is 80.7 cm³/mol. The molecule has 2 rings (SSSR count). The molecule has 0 amide bonds. The highest BCUT2D eigenvalue weighted by Crippen LogP contribution is 2.15. The van der Waals surface area contributed by atoms with Crippen LogP contribution in [0.3, 0.4) is 0 Å². The molecular weight excluding hydrogens is 270 g/mol. The van der Waals surface area contributed by atoms with Crippen LogP contribution in [0.5, 0.6) is 0 Å². The van der Waals surface area contributed by atoms with Crippen molar-refractivity contribution in [2.75, 3.05) is 29.9 Å². The van der Waals surface area contributed by atoms with Gasteiger partial charge in [-0.25, -0.2) is 4.98 Å². The zero-order valence-electron chi connectivity index (χ0n) is 12.6. The molecule has 114 valence electrons. The van der Waals surface area contributed by atoms with Crippen LogP contribution < -0.4 is 10.2 Å². The lowest BCUT2D eigenvalue weighted by atomic mass is 10.3. The quantitative estimate of drug-likeness (QED) is 0.775. The van der Waals surface area contributed by atoms with Crippen LogP contribution in [0, 0.1) is 0 Å². The lowest BCUT2D eigenvalue weighted by Crippen LogP contribution is -2.35. The molecule has 21 heavy (non-hydrogen) atoms. The van der Waals surface area contributed by atoms with Crippen molar-refractivity contribution in [2.24, 2.45) is 0 Å². The van der Waals surface area contributed by atoms with E-state index in [4.69, 9.17) is 0 Å². The van der Waals surface area contributed by atoms with Gasteiger partial charge in [-0.05, 0) is 20.8 Å². The summed E-state index contributed by atoms with van der Waals surface area (Å²) in [5, 5.41) is 12.3.